The van der Waals surface area contributed by atoms with Crippen LogP contribution >= 0.6 is 0 Å². The van der Waals surface area contributed by atoms with Crippen molar-refractivity contribution in [3.63, 3.8) is 0 Å². The van der Waals surface area contributed by atoms with E-state index in [1.165, 1.54) is 36.8 Å². The Morgan fingerprint density at radius 1 is 0.515 bits per heavy atom. The summed E-state index contributed by atoms with van der Waals surface area (Å²) in [5.74, 6) is 1.09. The Morgan fingerprint density at radius 2 is 0.788 bits per heavy atom. The fourth-order valence-corrected chi connectivity index (χ4v) is 8.16. The maximum atomic E-state index is 3.96. The first-order chi connectivity index (χ1) is 15.2. The Kier molecular flexibility index (Phi) is 6.11. The molecule has 2 fully saturated rings. The van der Waals surface area contributed by atoms with Gasteiger partial charge < -0.3 is 10.6 Å². The van der Waals surface area contributed by atoms with Crippen molar-refractivity contribution in [2.24, 2.45) is 11.8 Å². The number of hydrogen-bond acceptors (Lipinski definition) is 2. The highest BCUT2D eigenvalue weighted by Gasteiger charge is 2.56. The van der Waals surface area contributed by atoms with Crippen molar-refractivity contribution in [2.75, 3.05) is 0 Å². The maximum Gasteiger partial charge on any atom is 0.0261 e. The van der Waals surface area contributed by atoms with E-state index in [0.717, 1.165) is 0 Å². The number of benzene rings is 2. The molecule has 180 valence electrons. The highest BCUT2D eigenvalue weighted by Crippen LogP contribution is 2.57. The Balaban J connectivity index is 2.00. The summed E-state index contributed by atoms with van der Waals surface area (Å²) in [6.07, 6.45) is 4.69. The van der Waals surface area contributed by atoms with E-state index < -0.39 is 0 Å². The molecular formula is C31H46N2. The van der Waals surface area contributed by atoms with Gasteiger partial charge in [-0.05, 0) is 104 Å². The fraction of sp³-hybridized carbons (Fsp3) is 0.613. The van der Waals surface area contributed by atoms with Gasteiger partial charge in [0.2, 0.25) is 0 Å². The minimum Gasteiger partial charge on any atom is -0.307 e. The highest BCUT2D eigenvalue weighted by molar-refractivity contribution is 5.43. The van der Waals surface area contributed by atoms with E-state index >= 15 is 0 Å². The van der Waals surface area contributed by atoms with E-state index in [-0.39, 0.29) is 27.6 Å². The molecule has 2 aliphatic rings. The van der Waals surface area contributed by atoms with Crippen LogP contribution < -0.4 is 10.6 Å². The highest BCUT2D eigenvalue weighted by atomic mass is 15.1. The van der Waals surface area contributed by atoms with Gasteiger partial charge in [0.25, 0.3) is 0 Å². The SMILES string of the molecule is CC1(C)CC(C(c2ccccc2)(c2ccccc2)C2CC(C)(C)NC(C)(C)C2)CC(C)(C)N1. The Morgan fingerprint density at radius 3 is 1.06 bits per heavy atom. The van der Waals surface area contributed by atoms with Gasteiger partial charge in [-0.25, -0.2) is 0 Å². The summed E-state index contributed by atoms with van der Waals surface area (Å²) < 4.78 is 0. The first-order valence-corrected chi connectivity index (χ1v) is 12.9. The first-order valence-electron chi connectivity index (χ1n) is 12.9. The first kappa shape index (κ1) is 24.5. The molecular weight excluding hydrogens is 400 g/mol. The molecule has 2 saturated heterocycles. The molecule has 0 radical (unpaired) electrons. The van der Waals surface area contributed by atoms with Crippen LogP contribution in [0.15, 0.2) is 60.7 Å². The molecule has 0 unspecified atom stereocenters. The molecule has 2 heterocycles. The van der Waals surface area contributed by atoms with E-state index in [0.29, 0.717) is 11.8 Å². The number of hydrogen-bond donors (Lipinski definition) is 2. The zero-order chi connectivity index (χ0) is 24.1. The molecule has 2 heteroatoms. The van der Waals surface area contributed by atoms with Gasteiger partial charge in [0.05, 0.1) is 0 Å². The normalized spacial score (nSPS) is 25.0. The molecule has 2 aromatic carbocycles. The van der Waals surface area contributed by atoms with Gasteiger partial charge in [0.1, 0.15) is 0 Å². The predicted octanol–water partition coefficient (Wildman–Crippen LogP) is 7.09. The molecule has 0 aliphatic carbocycles. The van der Waals surface area contributed by atoms with Crippen LogP contribution in [0.4, 0.5) is 0 Å². The van der Waals surface area contributed by atoms with Crippen LogP contribution in [0.3, 0.4) is 0 Å². The Bertz CT molecular complexity index is 828. The van der Waals surface area contributed by atoms with E-state index in [1.807, 2.05) is 0 Å². The van der Waals surface area contributed by atoms with Crippen LogP contribution in [0.1, 0.15) is 92.2 Å². The lowest BCUT2D eigenvalue weighted by atomic mass is 9.50. The second kappa shape index (κ2) is 8.24. The molecule has 4 rings (SSSR count). The van der Waals surface area contributed by atoms with Crippen LogP contribution in [0, 0.1) is 11.8 Å². The smallest absolute Gasteiger partial charge is 0.0261 e. The summed E-state index contributed by atoms with van der Waals surface area (Å²) in [6, 6.07) is 23.0. The van der Waals surface area contributed by atoms with E-state index in [2.05, 4.69) is 127 Å². The lowest BCUT2D eigenvalue weighted by Crippen LogP contribution is -2.65. The maximum absolute atomic E-state index is 3.96. The van der Waals surface area contributed by atoms with Crippen LogP contribution in [-0.2, 0) is 5.41 Å². The van der Waals surface area contributed by atoms with Crippen molar-refractivity contribution in [2.45, 2.75) is 109 Å². The van der Waals surface area contributed by atoms with Gasteiger partial charge >= 0.3 is 0 Å². The zero-order valence-corrected chi connectivity index (χ0v) is 22.3. The van der Waals surface area contributed by atoms with Crippen molar-refractivity contribution < 1.29 is 0 Å². The molecule has 0 atom stereocenters. The largest absolute Gasteiger partial charge is 0.307 e. The topological polar surface area (TPSA) is 24.1 Å². The molecule has 0 spiro atoms. The Labute approximate surface area is 203 Å². The third kappa shape index (κ3) is 4.93. The van der Waals surface area contributed by atoms with Crippen LogP contribution in [0.2, 0.25) is 0 Å². The lowest BCUT2D eigenvalue weighted by molar-refractivity contribution is 0.0199. The third-order valence-corrected chi connectivity index (χ3v) is 8.17. The van der Waals surface area contributed by atoms with Gasteiger partial charge in [-0.2, -0.15) is 0 Å². The standard InChI is InChI=1S/C31H46N2/c1-27(2)19-25(20-28(3,4)32-27)31(23-15-11-9-12-16-23,24-17-13-10-14-18-24)26-21-29(5,6)33-30(7,8)22-26/h9-18,25-26,32-33H,19-22H2,1-8H3. The second-order valence-electron chi connectivity index (χ2n) is 13.6. The van der Waals surface area contributed by atoms with E-state index in [4.69, 9.17) is 0 Å². The summed E-state index contributed by atoms with van der Waals surface area (Å²) in [7, 11) is 0. The molecule has 2 aromatic rings. The molecule has 2 N–H and O–H groups in total. The van der Waals surface area contributed by atoms with Crippen molar-refractivity contribution in [3.05, 3.63) is 71.8 Å². The summed E-state index contributed by atoms with van der Waals surface area (Å²) in [5, 5.41) is 7.92. The predicted molar refractivity (Wildman–Crippen MR) is 142 cm³/mol. The summed E-state index contributed by atoms with van der Waals surface area (Å²) in [5.41, 5.74) is 3.34. The summed E-state index contributed by atoms with van der Waals surface area (Å²) in [4.78, 5) is 0. The third-order valence-electron chi connectivity index (χ3n) is 8.17. The van der Waals surface area contributed by atoms with Gasteiger partial charge in [-0.3, -0.25) is 0 Å². The van der Waals surface area contributed by atoms with Gasteiger partial charge in [0, 0.05) is 27.6 Å². The molecule has 2 aliphatic heterocycles. The van der Waals surface area contributed by atoms with Crippen molar-refractivity contribution in [1.82, 2.24) is 10.6 Å². The van der Waals surface area contributed by atoms with Crippen LogP contribution in [-0.4, -0.2) is 22.2 Å². The van der Waals surface area contributed by atoms with E-state index in [1.54, 1.807) is 0 Å². The fourth-order valence-electron chi connectivity index (χ4n) is 8.16. The minimum absolute atomic E-state index is 0.0319. The second-order valence-corrected chi connectivity index (χ2v) is 13.6. The van der Waals surface area contributed by atoms with Crippen LogP contribution in [0.25, 0.3) is 0 Å². The average molecular weight is 447 g/mol. The molecule has 0 aromatic heterocycles. The van der Waals surface area contributed by atoms with Crippen LogP contribution in [0.5, 0.6) is 0 Å². The van der Waals surface area contributed by atoms with Gasteiger partial charge in [-0.1, -0.05) is 60.7 Å². The minimum atomic E-state index is -0.0319. The van der Waals surface area contributed by atoms with E-state index in [9.17, 15) is 0 Å². The lowest BCUT2D eigenvalue weighted by Gasteiger charge is -2.59. The zero-order valence-electron chi connectivity index (χ0n) is 22.3. The number of nitrogens with one attached hydrogen (secondary N) is 2. The summed E-state index contributed by atoms with van der Waals surface area (Å²) in [6.45, 7) is 19.2. The Hall–Kier alpha value is -1.64. The quantitative estimate of drug-likeness (QED) is 0.524. The molecule has 0 saturated carbocycles. The van der Waals surface area contributed by atoms with Crippen molar-refractivity contribution >= 4 is 0 Å². The molecule has 2 nitrogen and oxygen atoms in total. The molecule has 0 bridgehead atoms. The average Bonchev–Trinajstić information content (AvgIpc) is 2.65. The monoisotopic (exact) mass is 446 g/mol. The number of piperidine rings is 2. The van der Waals surface area contributed by atoms with Gasteiger partial charge in [-0.15, -0.1) is 0 Å². The number of rotatable bonds is 4. The molecule has 33 heavy (non-hydrogen) atoms. The van der Waals surface area contributed by atoms with Gasteiger partial charge in [0.15, 0.2) is 0 Å². The van der Waals surface area contributed by atoms with Crippen molar-refractivity contribution in [3.8, 4) is 0 Å². The van der Waals surface area contributed by atoms with Crippen molar-refractivity contribution in [1.29, 1.82) is 0 Å². The summed E-state index contributed by atoms with van der Waals surface area (Å²) >= 11 is 0. The molecule has 0 amide bonds.